The maximum Gasteiger partial charge on any atom is 0.490 e. The number of phosphoric ester groups is 1. The fourth-order valence-corrected chi connectivity index (χ4v) is 6.05. The first kappa shape index (κ1) is 26.6. The van der Waals surface area contributed by atoms with Crippen LogP contribution in [0.25, 0.3) is 11.2 Å². The lowest BCUT2D eigenvalue weighted by atomic mass is 10.2. The van der Waals surface area contributed by atoms with Crippen LogP contribution in [0.4, 0.5) is 5.95 Å². The lowest BCUT2D eigenvalue weighted by Crippen LogP contribution is -2.25. The van der Waals surface area contributed by atoms with E-state index in [0.717, 1.165) is 13.3 Å². The largest absolute Gasteiger partial charge is 0.490 e. The second-order valence-electron chi connectivity index (χ2n) is 6.69. The third kappa shape index (κ3) is 6.78. The summed E-state index contributed by atoms with van der Waals surface area (Å²) in [5, 5.41) is 0. The number of anilines is 1. The van der Waals surface area contributed by atoms with Crippen LogP contribution < -0.4 is 11.3 Å². The standard InChI is InChI=1S/C12H18N5O14P3/c1-5(18)28-7-2-6(3-27-33(23,24)31-34(25,26)30-32(20,21)22)29-11(7)17-4-14-8-9(17)15-12(13)16-10(8)19/h4,6-7,11H,2-3H2,1H3,(H,23,24)(H,25,26)(H2,20,21,22)(H3,13,15,16,19). The summed E-state index contributed by atoms with van der Waals surface area (Å²) in [4.78, 5) is 69.5. The molecule has 1 fully saturated rings. The van der Waals surface area contributed by atoms with Crippen molar-refractivity contribution in [3.05, 3.63) is 16.7 Å². The number of hydrogen-bond acceptors (Lipinski definition) is 13. The van der Waals surface area contributed by atoms with Gasteiger partial charge in [0.05, 0.1) is 19.0 Å². The van der Waals surface area contributed by atoms with Crippen LogP contribution in [0.3, 0.4) is 0 Å². The van der Waals surface area contributed by atoms with Crippen LogP contribution in [0.1, 0.15) is 19.6 Å². The van der Waals surface area contributed by atoms with Crippen molar-refractivity contribution < 1.29 is 60.7 Å². The van der Waals surface area contributed by atoms with Gasteiger partial charge in [0.1, 0.15) is 6.10 Å². The monoisotopic (exact) mass is 549 g/mol. The normalized spacial score (nSPS) is 24.6. The Labute approximate surface area is 188 Å². The minimum Gasteiger partial charge on any atom is -0.458 e. The Hall–Kier alpha value is -2.01. The zero-order valence-electron chi connectivity index (χ0n) is 16.9. The Morgan fingerprint density at radius 1 is 1.26 bits per heavy atom. The van der Waals surface area contributed by atoms with Gasteiger partial charge in [0.25, 0.3) is 5.56 Å². The molecule has 0 bridgehead atoms. The van der Waals surface area contributed by atoms with Crippen LogP contribution in [-0.4, -0.2) is 63.9 Å². The highest BCUT2D eigenvalue weighted by molar-refractivity contribution is 7.66. The minimum absolute atomic E-state index is 0.0167. The van der Waals surface area contributed by atoms with Gasteiger partial charge in [0, 0.05) is 13.3 Å². The highest BCUT2D eigenvalue weighted by Crippen LogP contribution is 2.66. The van der Waals surface area contributed by atoms with Crippen LogP contribution in [0, 0.1) is 0 Å². The summed E-state index contributed by atoms with van der Waals surface area (Å²) >= 11 is 0. The second kappa shape index (κ2) is 9.56. The third-order valence-corrected chi connectivity index (χ3v) is 7.83. The van der Waals surface area contributed by atoms with Crippen molar-refractivity contribution in [2.45, 2.75) is 31.8 Å². The molecule has 19 nitrogen and oxygen atoms in total. The number of carbonyl (C=O) groups excluding carboxylic acids is 1. The summed E-state index contributed by atoms with van der Waals surface area (Å²) in [6.45, 7) is 0.337. The van der Waals surface area contributed by atoms with Gasteiger partial charge in [-0.15, -0.1) is 0 Å². The third-order valence-electron chi connectivity index (χ3n) is 4.03. The van der Waals surface area contributed by atoms with Crippen LogP contribution in [0.15, 0.2) is 11.1 Å². The molecule has 2 aromatic rings. The zero-order valence-corrected chi connectivity index (χ0v) is 19.5. The first-order valence-electron chi connectivity index (χ1n) is 8.88. The quantitative estimate of drug-likeness (QED) is 0.166. The molecule has 0 aliphatic carbocycles. The van der Waals surface area contributed by atoms with E-state index in [-0.39, 0.29) is 23.5 Å². The predicted molar refractivity (Wildman–Crippen MR) is 106 cm³/mol. The highest BCUT2D eigenvalue weighted by Gasteiger charge is 2.44. The molecule has 7 N–H and O–H groups in total. The average Bonchev–Trinajstić information content (AvgIpc) is 3.20. The van der Waals surface area contributed by atoms with E-state index in [2.05, 4.69) is 28.1 Å². The molecule has 1 saturated heterocycles. The number of esters is 1. The Balaban J connectivity index is 1.76. The van der Waals surface area contributed by atoms with Gasteiger partial charge in [0.2, 0.25) is 5.95 Å². The van der Waals surface area contributed by atoms with Crippen molar-refractivity contribution in [2.24, 2.45) is 0 Å². The number of ether oxygens (including phenoxy) is 2. The van der Waals surface area contributed by atoms with E-state index in [4.69, 9.17) is 25.0 Å². The van der Waals surface area contributed by atoms with Gasteiger partial charge in [-0.1, -0.05) is 0 Å². The molecule has 1 aliphatic rings. The van der Waals surface area contributed by atoms with Crippen molar-refractivity contribution in [2.75, 3.05) is 12.3 Å². The second-order valence-corrected chi connectivity index (χ2v) is 11.1. The number of rotatable bonds is 9. The fraction of sp³-hybridized carbons (Fsp3) is 0.500. The molecule has 1 aliphatic heterocycles. The molecule has 0 amide bonds. The van der Waals surface area contributed by atoms with E-state index in [1.807, 2.05) is 0 Å². The number of fused-ring (bicyclic) bond motifs is 1. The Morgan fingerprint density at radius 3 is 2.56 bits per heavy atom. The molecule has 3 rings (SSSR count). The molecule has 2 aromatic heterocycles. The van der Waals surface area contributed by atoms with Crippen molar-refractivity contribution in [3.8, 4) is 0 Å². The Morgan fingerprint density at radius 2 is 1.94 bits per heavy atom. The van der Waals surface area contributed by atoms with Crippen molar-refractivity contribution in [1.82, 2.24) is 19.5 Å². The van der Waals surface area contributed by atoms with E-state index in [0.29, 0.717) is 0 Å². The van der Waals surface area contributed by atoms with E-state index in [1.165, 1.54) is 4.57 Å². The first-order valence-corrected chi connectivity index (χ1v) is 13.4. The van der Waals surface area contributed by atoms with Gasteiger partial charge in [-0.2, -0.15) is 13.6 Å². The first-order chi connectivity index (χ1) is 15.6. The maximum atomic E-state index is 12.0. The van der Waals surface area contributed by atoms with Gasteiger partial charge in [-0.25, -0.2) is 18.7 Å². The molecule has 0 saturated carbocycles. The molecule has 3 heterocycles. The summed E-state index contributed by atoms with van der Waals surface area (Å²) < 4.78 is 57.9. The molecule has 190 valence electrons. The number of nitrogens with one attached hydrogen (secondary N) is 1. The number of aromatic amines is 1. The number of carbonyl (C=O) groups is 1. The number of imidazole rings is 1. The van der Waals surface area contributed by atoms with Gasteiger partial charge in [-0.3, -0.25) is 23.7 Å². The molecule has 5 unspecified atom stereocenters. The molecule has 5 atom stereocenters. The number of nitrogen functional groups attached to an aromatic ring is 1. The fourth-order valence-electron chi connectivity index (χ4n) is 3.00. The van der Waals surface area contributed by atoms with Gasteiger partial charge in [-0.05, 0) is 0 Å². The number of aromatic nitrogens is 4. The summed E-state index contributed by atoms with van der Waals surface area (Å²) in [7, 11) is -16.6. The Kier molecular flexibility index (Phi) is 7.48. The smallest absolute Gasteiger partial charge is 0.458 e. The number of nitrogens with zero attached hydrogens (tertiary/aromatic N) is 3. The van der Waals surface area contributed by atoms with E-state index >= 15 is 0 Å². The van der Waals surface area contributed by atoms with E-state index in [9.17, 15) is 33.1 Å². The predicted octanol–water partition coefficient (Wildman–Crippen LogP) is -0.736. The summed E-state index contributed by atoms with van der Waals surface area (Å²) in [6, 6.07) is 0. The average molecular weight is 549 g/mol. The van der Waals surface area contributed by atoms with Gasteiger partial charge in [0.15, 0.2) is 17.4 Å². The van der Waals surface area contributed by atoms with Crippen LogP contribution in [0.5, 0.6) is 0 Å². The van der Waals surface area contributed by atoms with E-state index < -0.39 is 60.0 Å². The van der Waals surface area contributed by atoms with Crippen LogP contribution in [-0.2, 0) is 41.1 Å². The topological polar surface area (TPSA) is 285 Å². The number of phosphoric acid groups is 3. The SMILES string of the molecule is CC(=O)OC1CC(COP(=O)(O)OP(=O)(O)OP(=O)(O)O)OC1n1cnc2c(=O)[nH]c(N)nc21. The molecular weight excluding hydrogens is 531 g/mol. The molecular formula is C12H18N5O14P3. The molecule has 22 heteroatoms. The lowest BCUT2D eigenvalue weighted by molar-refractivity contribution is -0.152. The van der Waals surface area contributed by atoms with E-state index in [1.54, 1.807) is 0 Å². The molecule has 0 spiro atoms. The lowest BCUT2D eigenvalue weighted by Gasteiger charge is -2.20. The van der Waals surface area contributed by atoms with Gasteiger partial charge < -0.3 is 34.8 Å². The van der Waals surface area contributed by atoms with Crippen LogP contribution >= 0.6 is 23.5 Å². The van der Waals surface area contributed by atoms with Crippen molar-refractivity contribution in [1.29, 1.82) is 0 Å². The minimum atomic E-state index is -5.69. The van der Waals surface area contributed by atoms with Crippen LogP contribution in [0.2, 0.25) is 0 Å². The summed E-state index contributed by atoms with van der Waals surface area (Å²) in [6.07, 6.45) is -2.21. The Bertz CT molecular complexity index is 1290. The number of nitrogens with two attached hydrogens (primary N) is 1. The highest BCUT2D eigenvalue weighted by atomic mass is 31.3. The number of H-pyrrole nitrogens is 1. The number of hydrogen-bond donors (Lipinski definition) is 6. The molecule has 0 aromatic carbocycles. The van der Waals surface area contributed by atoms with Crippen molar-refractivity contribution in [3.63, 3.8) is 0 Å². The molecule has 0 radical (unpaired) electrons. The summed E-state index contributed by atoms with van der Waals surface area (Å²) in [5.74, 6) is -0.938. The maximum absolute atomic E-state index is 12.0. The van der Waals surface area contributed by atoms with Gasteiger partial charge >= 0.3 is 29.4 Å². The molecule has 34 heavy (non-hydrogen) atoms. The zero-order chi connectivity index (χ0) is 25.5. The summed E-state index contributed by atoms with van der Waals surface area (Å²) in [5.41, 5.74) is 4.79. The van der Waals surface area contributed by atoms with Crippen molar-refractivity contribution >= 4 is 46.5 Å².